The van der Waals surface area contributed by atoms with Crippen molar-refractivity contribution < 1.29 is 15.3 Å². The van der Waals surface area contributed by atoms with E-state index >= 15 is 0 Å². The SMILES string of the molecule is CCCCNCC(O)c1cc(O)cc(O)c1. The van der Waals surface area contributed by atoms with E-state index in [2.05, 4.69) is 12.2 Å². The molecule has 0 amide bonds. The Kier molecular flexibility index (Phi) is 5.08. The Morgan fingerprint density at radius 1 is 1.19 bits per heavy atom. The molecule has 1 aromatic carbocycles. The van der Waals surface area contributed by atoms with Gasteiger partial charge in [0.05, 0.1) is 6.10 Å². The number of phenolic OH excluding ortho intramolecular Hbond substituents is 2. The van der Waals surface area contributed by atoms with E-state index < -0.39 is 6.10 Å². The average Bonchev–Trinajstić information content (AvgIpc) is 2.22. The van der Waals surface area contributed by atoms with Crippen LogP contribution >= 0.6 is 0 Å². The summed E-state index contributed by atoms with van der Waals surface area (Å²) in [7, 11) is 0. The molecule has 0 aliphatic rings. The average molecular weight is 225 g/mol. The highest BCUT2D eigenvalue weighted by atomic mass is 16.3. The minimum atomic E-state index is -0.713. The highest BCUT2D eigenvalue weighted by Gasteiger charge is 2.09. The van der Waals surface area contributed by atoms with Crippen molar-refractivity contribution in [1.82, 2.24) is 5.32 Å². The molecule has 0 aromatic heterocycles. The summed E-state index contributed by atoms with van der Waals surface area (Å²) in [5.74, 6) is -0.0785. The van der Waals surface area contributed by atoms with Gasteiger partial charge >= 0.3 is 0 Å². The Balaban J connectivity index is 2.48. The Bertz CT molecular complexity index is 308. The van der Waals surface area contributed by atoms with Gasteiger partial charge in [0.25, 0.3) is 0 Å². The molecule has 16 heavy (non-hydrogen) atoms. The molecule has 1 aromatic rings. The summed E-state index contributed by atoms with van der Waals surface area (Å²) in [6, 6.07) is 4.14. The third-order valence-corrected chi connectivity index (χ3v) is 2.35. The predicted octanol–water partition coefficient (Wildman–Crippen LogP) is 1.52. The standard InChI is InChI=1S/C12H19NO3/c1-2-3-4-13-8-12(16)9-5-10(14)7-11(15)6-9/h5-7,12-16H,2-4,8H2,1H3. The highest BCUT2D eigenvalue weighted by Crippen LogP contribution is 2.24. The highest BCUT2D eigenvalue weighted by molar-refractivity contribution is 5.37. The second kappa shape index (κ2) is 6.35. The molecule has 1 unspecified atom stereocenters. The van der Waals surface area contributed by atoms with E-state index in [4.69, 9.17) is 0 Å². The summed E-state index contributed by atoms with van der Waals surface area (Å²) in [5, 5.41) is 31.4. The summed E-state index contributed by atoms with van der Waals surface area (Å²) in [6.07, 6.45) is 1.46. The molecular formula is C12H19NO3. The largest absolute Gasteiger partial charge is 0.508 e. The van der Waals surface area contributed by atoms with Gasteiger partial charge in [-0.1, -0.05) is 13.3 Å². The van der Waals surface area contributed by atoms with Crippen molar-refractivity contribution in [2.75, 3.05) is 13.1 Å². The first-order chi connectivity index (χ1) is 7.63. The minimum Gasteiger partial charge on any atom is -0.508 e. The Morgan fingerprint density at radius 3 is 2.38 bits per heavy atom. The fourth-order valence-electron chi connectivity index (χ4n) is 1.47. The van der Waals surface area contributed by atoms with Crippen molar-refractivity contribution in [1.29, 1.82) is 0 Å². The van der Waals surface area contributed by atoms with E-state index in [1.807, 2.05) is 0 Å². The van der Waals surface area contributed by atoms with Gasteiger partial charge in [0, 0.05) is 12.6 Å². The summed E-state index contributed by atoms with van der Waals surface area (Å²) < 4.78 is 0. The normalized spacial score (nSPS) is 12.6. The molecular weight excluding hydrogens is 206 g/mol. The number of hydrogen-bond acceptors (Lipinski definition) is 4. The number of aliphatic hydroxyl groups is 1. The van der Waals surface area contributed by atoms with Crippen LogP contribution in [0.4, 0.5) is 0 Å². The Labute approximate surface area is 95.6 Å². The van der Waals surface area contributed by atoms with Crippen LogP contribution in [-0.4, -0.2) is 28.4 Å². The molecule has 4 N–H and O–H groups in total. The number of unbranched alkanes of at least 4 members (excludes halogenated alkanes) is 1. The van der Waals surface area contributed by atoms with E-state index in [1.165, 1.54) is 18.2 Å². The monoisotopic (exact) mass is 225 g/mol. The number of aliphatic hydroxyl groups excluding tert-OH is 1. The molecule has 0 heterocycles. The lowest BCUT2D eigenvalue weighted by Crippen LogP contribution is -2.22. The summed E-state index contributed by atoms with van der Waals surface area (Å²) in [5.41, 5.74) is 0.515. The van der Waals surface area contributed by atoms with Crippen LogP contribution < -0.4 is 5.32 Å². The Hall–Kier alpha value is -1.26. The van der Waals surface area contributed by atoms with E-state index in [9.17, 15) is 15.3 Å². The van der Waals surface area contributed by atoms with E-state index in [0.29, 0.717) is 12.1 Å². The van der Waals surface area contributed by atoms with Gasteiger partial charge in [-0.25, -0.2) is 0 Å². The van der Waals surface area contributed by atoms with Gasteiger partial charge in [-0.05, 0) is 30.7 Å². The molecule has 4 heteroatoms. The first-order valence-electron chi connectivity index (χ1n) is 5.55. The molecule has 0 aliphatic carbocycles. The van der Waals surface area contributed by atoms with Gasteiger partial charge in [0.2, 0.25) is 0 Å². The van der Waals surface area contributed by atoms with Crippen LogP contribution in [0, 0.1) is 0 Å². The Morgan fingerprint density at radius 2 is 1.81 bits per heavy atom. The lowest BCUT2D eigenvalue weighted by molar-refractivity contribution is 0.174. The van der Waals surface area contributed by atoms with Gasteiger partial charge in [-0.3, -0.25) is 0 Å². The molecule has 0 fully saturated rings. The second-order valence-corrected chi connectivity index (χ2v) is 3.86. The molecule has 4 nitrogen and oxygen atoms in total. The number of aromatic hydroxyl groups is 2. The van der Waals surface area contributed by atoms with Crippen molar-refractivity contribution in [3.63, 3.8) is 0 Å². The van der Waals surface area contributed by atoms with Crippen molar-refractivity contribution in [3.05, 3.63) is 23.8 Å². The van der Waals surface area contributed by atoms with Crippen LogP contribution in [0.1, 0.15) is 31.4 Å². The zero-order valence-corrected chi connectivity index (χ0v) is 9.48. The summed E-state index contributed by atoms with van der Waals surface area (Å²) in [4.78, 5) is 0. The number of benzene rings is 1. The summed E-state index contributed by atoms with van der Waals surface area (Å²) >= 11 is 0. The summed E-state index contributed by atoms with van der Waals surface area (Å²) in [6.45, 7) is 3.38. The molecule has 0 saturated heterocycles. The maximum Gasteiger partial charge on any atom is 0.119 e. The fourth-order valence-corrected chi connectivity index (χ4v) is 1.47. The van der Waals surface area contributed by atoms with Crippen LogP contribution in [0.2, 0.25) is 0 Å². The maximum absolute atomic E-state index is 9.78. The van der Waals surface area contributed by atoms with Crippen LogP contribution in [0.3, 0.4) is 0 Å². The van der Waals surface area contributed by atoms with Crippen LogP contribution in [0.5, 0.6) is 11.5 Å². The molecule has 0 aliphatic heterocycles. The van der Waals surface area contributed by atoms with Gasteiger partial charge in [0.15, 0.2) is 0 Å². The minimum absolute atomic E-state index is 0.0393. The van der Waals surface area contributed by atoms with Crippen molar-refractivity contribution in [3.8, 4) is 11.5 Å². The van der Waals surface area contributed by atoms with Crippen molar-refractivity contribution in [2.45, 2.75) is 25.9 Å². The van der Waals surface area contributed by atoms with Gasteiger partial charge in [0.1, 0.15) is 11.5 Å². The smallest absolute Gasteiger partial charge is 0.119 e. The van der Waals surface area contributed by atoms with Crippen molar-refractivity contribution >= 4 is 0 Å². The first kappa shape index (κ1) is 12.8. The van der Waals surface area contributed by atoms with Gasteiger partial charge < -0.3 is 20.6 Å². The van der Waals surface area contributed by atoms with E-state index in [1.54, 1.807) is 0 Å². The molecule has 1 atom stereocenters. The van der Waals surface area contributed by atoms with E-state index in [0.717, 1.165) is 19.4 Å². The predicted molar refractivity (Wildman–Crippen MR) is 62.5 cm³/mol. The van der Waals surface area contributed by atoms with E-state index in [-0.39, 0.29) is 11.5 Å². The van der Waals surface area contributed by atoms with Gasteiger partial charge in [-0.2, -0.15) is 0 Å². The number of hydrogen-bond donors (Lipinski definition) is 4. The number of nitrogens with one attached hydrogen (secondary N) is 1. The number of phenols is 2. The van der Waals surface area contributed by atoms with Crippen molar-refractivity contribution in [2.24, 2.45) is 0 Å². The fraction of sp³-hybridized carbons (Fsp3) is 0.500. The molecule has 0 radical (unpaired) electrons. The lowest BCUT2D eigenvalue weighted by atomic mass is 10.1. The first-order valence-corrected chi connectivity index (χ1v) is 5.55. The van der Waals surface area contributed by atoms with Crippen LogP contribution in [0.25, 0.3) is 0 Å². The molecule has 0 spiro atoms. The zero-order valence-electron chi connectivity index (χ0n) is 9.48. The molecule has 0 saturated carbocycles. The van der Waals surface area contributed by atoms with Gasteiger partial charge in [-0.15, -0.1) is 0 Å². The third kappa shape index (κ3) is 4.08. The lowest BCUT2D eigenvalue weighted by Gasteiger charge is -2.12. The molecule has 90 valence electrons. The quantitative estimate of drug-likeness (QED) is 0.554. The molecule has 1 rings (SSSR count). The zero-order chi connectivity index (χ0) is 12.0. The topological polar surface area (TPSA) is 72.7 Å². The van der Waals surface area contributed by atoms with Crippen LogP contribution in [0.15, 0.2) is 18.2 Å². The van der Waals surface area contributed by atoms with Crippen LogP contribution in [-0.2, 0) is 0 Å². The number of rotatable bonds is 6. The third-order valence-electron chi connectivity index (χ3n) is 2.35. The molecule has 0 bridgehead atoms. The second-order valence-electron chi connectivity index (χ2n) is 3.86. The maximum atomic E-state index is 9.78.